The average Bonchev–Trinajstić information content (AvgIpc) is 3.44. The third-order valence-corrected chi connectivity index (χ3v) is 7.70. The third kappa shape index (κ3) is 3.15. The number of Topliss-reactive ketones (excluding diaryl/α,β-unsaturated/α-hetero) is 2. The first kappa shape index (κ1) is 23.7. The van der Waals surface area contributed by atoms with E-state index in [-0.39, 0.29) is 11.1 Å². The van der Waals surface area contributed by atoms with Crippen LogP contribution in [0.3, 0.4) is 0 Å². The Balaban J connectivity index is 1.56. The van der Waals surface area contributed by atoms with Gasteiger partial charge in [-0.25, -0.2) is 4.90 Å². The highest BCUT2D eigenvalue weighted by molar-refractivity contribution is 9.10. The maximum absolute atomic E-state index is 13.9. The first-order valence-corrected chi connectivity index (χ1v) is 12.0. The van der Waals surface area contributed by atoms with Gasteiger partial charge in [0.2, 0.25) is 29.0 Å². The number of hydrogen-bond donors (Lipinski definition) is 0. The minimum atomic E-state index is -4.86. The van der Waals surface area contributed by atoms with Gasteiger partial charge in [-0.2, -0.15) is 13.2 Å². The summed E-state index contributed by atoms with van der Waals surface area (Å²) in [7, 11) is 0. The number of alkyl halides is 3. The predicted molar refractivity (Wildman–Crippen MR) is 127 cm³/mol. The van der Waals surface area contributed by atoms with Crippen molar-refractivity contribution in [3.63, 3.8) is 0 Å². The Bertz CT molecular complexity index is 1480. The molecule has 0 N–H and O–H groups in total. The average molecular weight is 570 g/mol. The molecule has 2 fully saturated rings. The fourth-order valence-electron chi connectivity index (χ4n) is 5.62. The van der Waals surface area contributed by atoms with Crippen LogP contribution >= 0.6 is 15.9 Å². The van der Waals surface area contributed by atoms with Gasteiger partial charge in [-0.05, 0) is 29.8 Å². The SMILES string of the molecule is O=C1C2C(c3ccc(Br)cc3)OC3(C(=O)c4ccccc4C3=O)C2C(=O)N1c1ccccc1C(F)(F)F. The number of ether oxygens (including phenoxy) is 1. The molecule has 0 saturated carbocycles. The molecular formula is C27H15BrF3NO5. The van der Waals surface area contributed by atoms with Crippen molar-refractivity contribution in [1.82, 2.24) is 0 Å². The lowest BCUT2D eigenvalue weighted by molar-refractivity contribution is -0.137. The van der Waals surface area contributed by atoms with Crippen LogP contribution in [0.1, 0.15) is 37.9 Å². The number of carbonyl (C=O) groups excluding carboxylic acids is 4. The van der Waals surface area contributed by atoms with Crippen LogP contribution in [-0.4, -0.2) is 29.0 Å². The van der Waals surface area contributed by atoms with E-state index in [1.807, 2.05) is 0 Å². The molecule has 10 heteroatoms. The first-order chi connectivity index (χ1) is 17.6. The van der Waals surface area contributed by atoms with Crippen molar-refractivity contribution < 1.29 is 37.1 Å². The third-order valence-electron chi connectivity index (χ3n) is 7.17. The van der Waals surface area contributed by atoms with E-state index in [0.717, 1.165) is 18.2 Å². The van der Waals surface area contributed by atoms with Gasteiger partial charge in [0.15, 0.2) is 0 Å². The van der Waals surface area contributed by atoms with Crippen molar-refractivity contribution in [2.24, 2.45) is 11.8 Å². The molecule has 2 heterocycles. The Morgan fingerprint density at radius 3 is 1.95 bits per heavy atom. The van der Waals surface area contributed by atoms with Crippen LogP contribution in [0.25, 0.3) is 0 Å². The number of ketones is 2. The zero-order valence-electron chi connectivity index (χ0n) is 18.7. The summed E-state index contributed by atoms with van der Waals surface area (Å²) >= 11 is 3.31. The summed E-state index contributed by atoms with van der Waals surface area (Å²) in [6.45, 7) is 0. The van der Waals surface area contributed by atoms with Gasteiger partial charge in [-0.3, -0.25) is 19.2 Å². The maximum atomic E-state index is 13.9. The Morgan fingerprint density at radius 1 is 0.784 bits per heavy atom. The van der Waals surface area contributed by atoms with Crippen LogP contribution in [-0.2, 0) is 20.5 Å². The second kappa shape index (κ2) is 7.93. The van der Waals surface area contributed by atoms with Crippen molar-refractivity contribution in [1.29, 1.82) is 0 Å². The van der Waals surface area contributed by atoms with Crippen LogP contribution in [0.15, 0.2) is 77.3 Å². The summed E-state index contributed by atoms with van der Waals surface area (Å²) in [6.07, 6.45) is -6.08. The number of para-hydroxylation sites is 1. The van der Waals surface area contributed by atoms with E-state index in [9.17, 15) is 32.3 Å². The first-order valence-electron chi connectivity index (χ1n) is 11.2. The highest BCUT2D eigenvalue weighted by Gasteiger charge is 2.75. The molecule has 3 aromatic rings. The number of rotatable bonds is 2. The van der Waals surface area contributed by atoms with Gasteiger partial charge in [0.25, 0.3) is 0 Å². The molecule has 1 aliphatic carbocycles. The van der Waals surface area contributed by atoms with Crippen LogP contribution in [0, 0.1) is 11.8 Å². The molecule has 37 heavy (non-hydrogen) atoms. The molecule has 6 rings (SSSR count). The second-order valence-electron chi connectivity index (χ2n) is 9.06. The lowest BCUT2D eigenvalue weighted by Gasteiger charge is -2.28. The Kier molecular flexibility index (Phi) is 5.09. The summed E-state index contributed by atoms with van der Waals surface area (Å²) in [5.74, 6) is -6.64. The summed E-state index contributed by atoms with van der Waals surface area (Å²) in [5, 5.41) is 0. The van der Waals surface area contributed by atoms with E-state index in [2.05, 4.69) is 15.9 Å². The van der Waals surface area contributed by atoms with E-state index < -0.39 is 64.3 Å². The van der Waals surface area contributed by atoms with Crippen LogP contribution in [0.2, 0.25) is 0 Å². The summed E-state index contributed by atoms with van der Waals surface area (Å²) in [5.41, 5.74) is -3.72. The lowest BCUT2D eigenvalue weighted by atomic mass is 9.77. The minimum absolute atomic E-state index is 0.0390. The molecule has 3 atom stereocenters. The molecule has 0 bridgehead atoms. The summed E-state index contributed by atoms with van der Waals surface area (Å²) < 4.78 is 48.3. The van der Waals surface area contributed by atoms with E-state index >= 15 is 0 Å². The molecule has 6 nitrogen and oxygen atoms in total. The number of carbonyl (C=O) groups is 4. The quantitative estimate of drug-likeness (QED) is 0.314. The molecule has 3 unspecified atom stereocenters. The van der Waals surface area contributed by atoms with Crippen molar-refractivity contribution in [3.8, 4) is 0 Å². The number of anilines is 1. The van der Waals surface area contributed by atoms with Crippen LogP contribution in [0.5, 0.6) is 0 Å². The molecule has 2 aliphatic heterocycles. The Labute approximate surface area is 216 Å². The molecule has 3 aliphatic rings. The normalized spacial score (nSPS) is 24.2. The summed E-state index contributed by atoms with van der Waals surface area (Å²) in [4.78, 5) is 55.5. The van der Waals surface area contributed by atoms with Crippen molar-refractivity contribution in [2.45, 2.75) is 17.9 Å². The number of amides is 2. The Morgan fingerprint density at radius 2 is 1.35 bits per heavy atom. The van der Waals surface area contributed by atoms with Crippen LogP contribution in [0.4, 0.5) is 18.9 Å². The van der Waals surface area contributed by atoms with E-state index in [4.69, 9.17) is 4.74 Å². The van der Waals surface area contributed by atoms with Crippen LogP contribution < -0.4 is 4.90 Å². The Hall–Kier alpha value is -3.63. The van der Waals surface area contributed by atoms with Gasteiger partial charge < -0.3 is 4.74 Å². The number of benzene rings is 3. The van der Waals surface area contributed by atoms with Crippen molar-refractivity contribution in [2.75, 3.05) is 4.90 Å². The largest absolute Gasteiger partial charge is 0.418 e. The molecule has 0 radical (unpaired) electrons. The second-order valence-corrected chi connectivity index (χ2v) is 9.98. The van der Waals surface area contributed by atoms with Gasteiger partial charge in [0.1, 0.15) is 0 Å². The highest BCUT2D eigenvalue weighted by atomic mass is 79.9. The topological polar surface area (TPSA) is 80.8 Å². The fraction of sp³-hybridized carbons (Fsp3) is 0.185. The molecule has 0 aromatic heterocycles. The number of fused-ring (bicyclic) bond motifs is 3. The highest BCUT2D eigenvalue weighted by Crippen LogP contribution is 2.58. The van der Waals surface area contributed by atoms with Crippen molar-refractivity contribution >= 4 is 45.0 Å². The molecule has 2 amide bonds. The molecule has 1 spiro atoms. The van der Waals surface area contributed by atoms with Gasteiger partial charge in [-0.15, -0.1) is 0 Å². The molecule has 2 saturated heterocycles. The zero-order valence-corrected chi connectivity index (χ0v) is 20.2. The lowest BCUT2D eigenvalue weighted by Crippen LogP contribution is -2.51. The zero-order chi connectivity index (χ0) is 26.3. The van der Waals surface area contributed by atoms with Gasteiger partial charge in [0, 0.05) is 15.6 Å². The summed E-state index contributed by atoms with van der Waals surface area (Å²) in [6, 6.07) is 16.7. The molecular weight excluding hydrogens is 555 g/mol. The monoisotopic (exact) mass is 569 g/mol. The molecule has 3 aromatic carbocycles. The van der Waals surface area contributed by atoms with Crippen molar-refractivity contribution in [3.05, 3.63) is 99.5 Å². The smallest absolute Gasteiger partial charge is 0.349 e. The number of imide groups is 1. The maximum Gasteiger partial charge on any atom is 0.418 e. The van der Waals surface area contributed by atoms with E-state index in [1.54, 1.807) is 36.4 Å². The predicted octanol–water partition coefficient (Wildman–Crippen LogP) is 5.16. The van der Waals surface area contributed by atoms with E-state index in [0.29, 0.717) is 14.9 Å². The van der Waals surface area contributed by atoms with Gasteiger partial charge in [0.05, 0.1) is 29.2 Å². The number of hydrogen-bond acceptors (Lipinski definition) is 5. The number of halogens is 4. The van der Waals surface area contributed by atoms with Gasteiger partial charge in [-0.1, -0.05) is 64.5 Å². The number of nitrogens with zero attached hydrogens (tertiary/aromatic N) is 1. The van der Waals surface area contributed by atoms with E-state index in [1.165, 1.54) is 18.2 Å². The molecule has 186 valence electrons. The standard InChI is InChI=1S/C27H15BrF3NO5/c28-14-11-9-13(10-12-14)21-19-20(26(37-21)22(33)15-5-1-2-6-16(15)23(26)34)25(36)32(24(19)35)18-8-4-3-7-17(18)27(29,30)31/h1-12,19-21H. The van der Waals surface area contributed by atoms with Gasteiger partial charge >= 0.3 is 6.18 Å². The minimum Gasteiger partial charge on any atom is -0.349 e. The fourth-order valence-corrected chi connectivity index (χ4v) is 5.88.